The first kappa shape index (κ1) is 14.7. The van der Waals surface area contributed by atoms with Gasteiger partial charge in [0.25, 0.3) is 0 Å². The van der Waals surface area contributed by atoms with Gasteiger partial charge in [-0.05, 0) is 26.1 Å². The Bertz CT molecular complexity index is 352. The van der Waals surface area contributed by atoms with Crippen molar-refractivity contribution < 1.29 is 9.53 Å². The Morgan fingerprint density at radius 3 is 2.56 bits per heavy atom. The SMILES string of the molecule is COCC(=O)NCC(Cc1ccccc1)N(C)C. The summed E-state index contributed by atoms with van der Waals surface area (Å²) in [5.41, 5.74) is 1.28. The monoisotopic (exact) mass is 250 g/mol. The van der Waals surface area contributed by atoms with E-state index in [1.165, 1.54) is 12.7 Å². The second-order valence-corrected chi connectivity index (χ2v) is 4.54. The number of amides is 1. The fraction of sp³-hybridized carbons (Fsp3) is 0.500. The Morgan fingerprint density at radius 1 is 1.33 bits per heavy atom. The predicted molar refractivity (Wildman–Crippen MR) is 72.5 cm³/mol. The van der Waals surface area contributed by atoms with Crippen LogP contribution in [0.5, 0.6) is 0 Å². The number of carbonyl (C=O) groups excluding carboxylic acids is 1. The number of nitrogens with zero attached hydrogens (tertiary/aromatic N) is 1. The van der Waals surface area contributed by atoms with Gasteiger partial charge in [-0.2, -0.15) is 0 Å². The molecule has 0 aliphatic heterocycles. The van der Waals surface area contributed by atoms with E-state index in [1.807, 2.05) is 32.3 Å². The highest BCUT2D eigenvalue weighted by molar-refractivity contribution is 5.77. The molecule has 18 heavy (non-hydrogen) atoms. The molecular weight excluding hydrogens is 228 g/mol. The fourth-order valence-corrected chi connectivity index (χ4v) is 1.74. The van der Waals surface area contributed by atoms with Crippen molar-refractivity contribution in [3.63, 3.8) is 0 Å². The van der Waals surface area contributed by atoms with Gasteiger partial charge < -0.3 is 15.0 Å². The van der Waals surface area contributed by atoms with Gasteiger partial charge in [0.2, 0.25) is 5.91 Å². The minimum atomic E-state index is -0.0718. The minimum Gasteiger partial charge on any atom is -0.375 e. The first-order valence-corrected chi connectivity index (χ1v) is 6.09. The third-order valence-electron chi connectivity index (χ3n) is 2.85. The summed E-state index contributed by atoms with van der Waals surface area (Å²) in [6, 6.07) is 10.6. The van der Waals surface area contributed by atoms with E-state index in [1.54, 1.807) is 0 Å². The summed E-state index contributed by atoms with van der Waals surface area (Å²) >= 11 is 0. The molecule has 0 saturated carbocycles. The molecule has 0 radical (unpaired) electrons. The molecule has 4 nitrogen and oxygen atoms in total. The third kappa shape index (κ3) is 5.29. The van der Waals surface area contributed by atoms with Crippen molar-refractivity contribution >= 4 is 5.91 Å². The number of ether oxygens (including phenoxy) is 1. The topological polar surface area (TPSA) is 41.6 Å². The molecule has 0 aliphatic carbocycles. The maximum Gasteiger partial charge on any atom is 0.246 e. The van der Waals surface area contributed by atoms with E-state index in [2.05, 4.69) is 22.3 Å². The number of rotatable bonds is 7. The van der Waals surface area contributed by atoms with Crippen LogP contribution in [0, 0.1) is 0 Å². The lowest BCUT2D eigenvalue weighted by Gasteiger charge is -2.24. The predicted octanol–water partition coefficient (Wildman–Crippen LogP) is 0.922. The number of methoxy groups -OCH3 is 1. The van der Waals surface area contributed by atoms with E-state index in [4.69, 9.17) is 4.74 Å². The van der Waals surface area contributed by atoms with Gasteiger partial charge >= 0.3 is 0 Å². The van der Waals surface area contributed by atoms with Gasteiger partial charge in [0.05, 0.1) is 0 Å². The number of hydrogen-bond acceptors (Lipinski definition) is 3. The molecule has 1 aromatic carbocycles. The molecule has 1 rings (SSSR count). The summed E-state index contributed by atoms with van der Waals surface area (Å²) in [6.07, 6.45) is 0.918. The van der Waals surface area contributed by atoms with Gasteiger partial charge in [0.1, 0.15) is 6.61 Å². The molecule has 4 heteroatoms. The van der Waals surface area contributed by atoms with Crippen molar-refractivity contribution in [2.45, 2.75) is 12.5 Å². The number of hydrogen-bond donors (Lipinski definition) is 1. The van der Waals surface area contributed by atoms with Crippen molar-refractivity contribution in [3.8, 4) is 0 Å². The largest absolute Gasteiger partial charge is 0.375 e. The van der Waals surface area contributed by atoms with Crippen LogP contribution in [0.2, 0.25) is 0 Å². The zero-order chi connectivity index (χ0) is 13.4. The first-order chi connectivity index (χ1) is 8.63. The van der Waals surface area contributed by atoms with Crippen LogP contribution in [0.3, 0.4) is 0 Å². The van der Waals surface area contributed by atoms with Gasteiger partial charge in [-0.3, -0.25) is 4.79 Å². The lowest BCUT2D eigenvalue weighted by atomic mass is 10.1. The molecule has 1 N–H and O–H groups in total. The zero-order valence-electron chi connectivity index (χ0n) is 11.3. The standard InChI is InChI=1S/C14H22N2O2/c1-16(2)13(10-15-14(17)11-18-3)9-12-7-5-4-6-8-12/h4-8,13H,9-11H2,1-3H3,(H,15,17). The third-order valence-corrected chi connectivity index (χ3v) is 2.85. The second-order valence-electron chi connectivity index (χ2n) is 4.54. The average molecular weight is 250 g/mol. The zero-order valence-corrected chi connectivity index (χ0v) is 11.3. The fourth-order valence-electron chi connectivity index (χ4n) is 1.74. The van der Waals surface area contributed by atoms with Gasteiger partial charge in [-0.1, -0.05) is 30.3 Å². The van der Waals surface area contributed by atoms with Crippen LogP contribution in [0.1, 0.15) is 5.56 Å². The summed E-state index contributed by atoms with van der Waals surface area (Å²) in [7, 11) is 5.57. The minimum absolute atomic E-state index is 0.0718. The summed E-state index contributed by atoms with van der Waals surface area (Å²) in [6.45, 7) is 0.746. The van der Waals surface area contributed by atoms with Crippen LogP contribution in [0.15, 0.2) is 30.3 Å². The summed E-state index contributed by atoms with van der Waals surface area (Å²) in [5.74, 6) is -0.0718. The Hall–Kier alpha value is -1.39. The van der Waals surface area contributed by atoms with Crippen LogP contribution >= 0.6 is 0 Å². The van der Waals surface area contributed by atoms with E-state index in [0.717, 1.165) is 6.42 Å². The molecule has 0 fully saturated rings. The molecule has 1 amide bonds. The van der Waals surface area contributed by atoms with Crippen LogP contribution in [-0.2, 0) is 16.0 Å². The van der Waals surface area contributed by atoms with Crippen molar-refractivity contribution in [2.24, 2.45) is 0 Å². The second kappa shape index (κ2) is 7.84. The van der Waals surface area contributed by atoms with Crippen molar-refractivity contribution in [3.05, 3.63) is 35.9 Å². The Morgan fingerprint density at radius 2 is 2.00 bits per heavy atom. The summed E-state index contributed by atoms with van der Waals surface area (Å²) in [5, 5.41) is 2.88. The highest BCUT2D eigenvalue weighted by Crippen LogP contribution is 2.06. The van der Waals surface area contributed by atoms with E-state index in [-0.39, 0.29) is 18.6 Å². The van der Waals surface area contributed by atoms with Gasteiger partial charge in [-0.15, -0.1) is 0 Å². The Balaban J connectivity index is 2.48. The number of likely N-dealkylation sites (N-methyl/N-ethyl adjacent to an activating group) is 1. The number of carbonyl (C=O) groups is 1. The highest BCUT2D eigenvalue weighted by Gasteiger charge is 2.13. The molecule has 100 valence electrons. The molecule has 1 aromatic rings. The van der Waals surface area contributed by atoms with Crippen LogP contribution < -0.4 is 5.32 Å². The van der Waals surface area contributed by atoms with Crippen LogP contribution in [0.4, 0.5) is 0 Å². The molecule has 0 spiro atoms. The van der Waals surface area contributed by atoms with E-state index in [0.29, 0.717) is 6.54 Å². The van der Waals surface area contributed by atoms with E-state index in [9.17, 15) is 4.79 Å². The van der Waals surface area contributed by atoms with Crippen molar-refractivity contribution in [2.75, 3.05) is 34.4 Å². The Labute approximate surface area is 109 Å². The summed E-state index contributed by atoms with van der Waals surface area (Å²) in [4.78, 5) is 13.5. The average Bonchev–Trinajstić information content (AvgIpc) is 2.35. The lowest BCUT2D eigenvalue weighted by molar-refractivity contribution is -0.124. The van der Waals surface area contributed by atoms with Gasteiger partial charge in [0, 0.05) is 19.7 Å². The number of nitrogens with one attached hydrogen (secondary N) is 1. The maximum atomic E-state index is 11.4. The van der Waals surface area contributed by atoms with E-state index < -0.39 is 0 Å². The quantitative estimate of drug-likeness (QED) is 0.782. The molecule has 0 bridgehead atoms. The van der Waals surface area contributed by atoms with Gasteiger partial charge in [0.15, 0.2) is 0 Å². The smallest absolute Gasteiger partial charge is 0.246 e. The molecule has 0 heterocycles. The Kier molecular flexibility index (Phi) is 6.39. The van der Waals surface area contributed by atoms with Crippen LogP contribution in [0.25, 0.3) is 0 Å². The highest BCUT2D eigenvalue weighted by atomic mass is 16.5. The normalized spacial score (nSPS) is 12.4. The molecular formula is C14H22N2O2. The van der Waals surface area contributed by atoms with Crippen molar-refractivity contribution in [1.29, 1.82) is 0 Å². The molecule has 0 aromatic heterocycles. The number of benzene rings is 1. The van der Waals surface area contributed by atoms with E-state index >= 15 is 0 Å². The first-order valence-electron chi connectivity index (χ1n) is 6.09. The van der Waals surface area contributed by atoms with Crippen LogP contribution in [-0.4, -0.2) is 51.2 Å². The molecule has 0 saturated heterocycles. The summed E-state index contributed by atoms with van der Waals surface area (Å²) < 4.78 is 4.79. The molecule has 0 aliphatic rings. The van der Waals surface area contributed by atoms with Gasteiger partial charge in [-0.25, -0.2) is 0 Å². The maximum absolute atomic E-state index is 11.4. The molecule has 1 atom stereocenters. The molecule has 1 unspecified atom stereocenters. The van der Waals surface area contributed by atoms with Crippen molar-refractivity contribution in [1.82, 2.24) is 10.2 Å². The lowest BCUT2D eigenvalue weighted by Crippen LogP contribution is -2.42.